The lowest BCUT2D eigenvalue weighted by Crippen LogP contribution is -2.48. The lowest BCUT2D eigenvalue weighted by Gasteiger charge is -2.34. The molecule has 2 aromatic heterocycles. The number of carbonyl (C=O) groups excluding carboxylic acids is 1. The van der Waals surface area contributed by atoms with Crippen LogP contribution in [0.5, 0.6) is 0 Å². The highest BCUT2D eigenvalue weighted by Crippen LogP contribution is 2.31. The molecule has 4 rings (SSSR count). The van der Waals surface area contributed by atoms with Gasteiger partial charge in [0.1, 0.15) is 12.4 Å². The Morgan fingerprint density at radius 2 is 1.97 bits per heavy atom. The molecule has 1 saturated heterocycles. The van der Waals surface area contributed by atoms with Gasteiger partial charge in [0.15, 0.2) is 0 Å². The lowest BCUT2D eigenvalue weighted by molar-refractivity contribution is -0.133. The number of para-hydroxylation sites is 2. The molecule has 0 spiro atoms. The number of likely N-dealkylation sites (tertiary alicyclic amines) is 1. The second kappa shape index (κ2) is 8.03. The minimum atomic E-state index is -1.49. The Balaban J connectivity index is 1.69. The molecular weight excluding hydrogens is 414 g/mol. The van der Waals surface area contributed by atoms with Gasteiger partial charge in [0.2, 0.25) is 5.91 Å². The largest absolute Gasteiger partial charge is 0.391 e. The zero-order valence-electron chi connectivity index (χ0n) is 18.3. The van der Waals surface area contributed by atoms with Gasteiger partial charge in [0.25, 0.3) is 5.56 Å². The van der Waals surface area contributed by atoms with E-state index in [1.807, 2.05) is 31.2 Å². The van der Waals surface area contributed by atoms with E-state index in [1.54, 1.807) is 11.5 Å². The second-order valence-corrected chi connectivity index (χ2v) is 8.74. The van der Waals surface area contributed by atoms with Gasteiger partial charge in [-0.25, -0.2) is 9.78 Å². The monoisotopic (exact) mass is 441 g/mol. The van der Waals surface area contributed by atoms with Crippen molar-refractivity contribution in [2.24, 2.45) is 0 Å². The van der Waals surface area contributed by atoms with E-state index in [0.717, 1.165) is 11.0 Å². The van der Waals surface area contributed by atoms with Crippen molar-refractivity contribution in [2.45, 2.75) is 51.5 Å². The number of aliphatic hydroxyl groups is 2. The number of hydrogen-bond acceptors (Lipinski definition) is 6. The van der Waals surface area contributed by atoms with E-state index in [1.165, 1.54) is 22.6 Å². The number of aryl methyl sites for hydroxylation is 2. The van der Waals surface area contributed by atoms with Crippen LogP contribution >= 0.6 is 0 Å². The molecule has 0 bridgehead atoms. The summed E-state index contributed by atoms with van der Waals surface area (Å²) >= 11 is 0. The molecule has 3 aromatic rings. The molecule has 3 heterocycles. The van der Waals surface area contributed by atoms with Crippen LogP contribution in [0.25, 0.3) is 11.0 Å². The maximum Gasteiger partial charge on any atom is 0.328 e. The standard InChI is InChI=1S/C22H27N5O5/c1-13-9-27(21(31)24-20(13)30)18-11-25(10-15(28)8-22(18,3)32)19(29)12-26-14(2)23-16-6-4-5-7-17(16)26/h4-7,9,15,18,28,32H,8,10-12H2,1-3H3,(H,24,30,31)/t15-,18+,22+/m1/s1. The summed E-state index contributed by atoms with van der Waals surface area (Å²) in [6.07, 6.45) is 0.381. The van der Waals surface area contributed by atoms with Gasteiger partial charge in [-0.05, 0) is 32.9 Å². The molecule has 0 aliphatic carbocycles. The van der Waals surface area contributed by atoms with E-state index in [9.17, 15) is 24.6 Å². The summed E-state index contributed by atoms with van der Waals surface area (Å²) in [7, 11) is 0. The molecule has 0 saturated carbocycles. The zero-order valence-corrected chi connectivity index (χ0v) is 18.3. The Hall–Kier alpha value is -3.24. The SMILES string of the molecule is Cc1cn([C@H]2CN(C(=O)Cn3c(C)nc4ccccc43)C[C@H](O)C[C@]2(C)O)c(=O)[nH]c1=O. The van der Waals surface area contributed by atoms with E-state index >= 15 is 0 Å². The molecule has 1 fully saturated rings. The molecule has 1 aliphatic heterocycles. The third-order valence-corrected chi connectivity index (χ3v) is 6.16. The van der Waals surface area contributed by atoms with Crippen molar-refractivity contribution >= 4 is 16.9 Å². The fourth-order valence-electron chi connectivity index (χ4n) is 4.45. The fraction of sp³-hybridized carbons (Fsp3) is 0.455. The molecule has 1 aromatic carbocycles. The van der Waals surface area contributed by atoms with Crippen LogP contribution in [0, 0.1) is 13.8 Å². The van der Waals surface area contributed by atoms with Crippen LogP contribution < -0.4 is 11.2 Å². The Labute approximate surface area is 183 Å². The first-order valence-electron chi connectivity index (χ1n) is 10.5. The number of H-pyrrole nitrogens is 1. The van der Waals surface area contributed by atoms with Crippen LogP contribution in [0.4, 0.5) is 0 Å². The number of nitrogens with zero attached hydrogens (tertiary/aromatic N) is 4. The van der Waals surface area contributed by atoms with Crippen molar-refractivity contribution in [1.29, 1.82) is 0 Å². The summed E-state index contributed by atoms with van der Waals surface area (Å²) in [6.45, 7) is 4.93. The number of carbonyl (C=O) groups is 1. The molecule has 170 valence electrons. The van der Waals surface area contributed by atoms with E-state index in [0.29, 0.717) is 11.4 Å². The molecule has 1 amide bonds. The van der Waals surface area contributed by atoms with Crippen molar-refractivity contribution in [3.63, 3.8) is 0 Å². The molecule has 10 nitrogen and oxygen atoms in total. The number of aromatic nitrogens is 4. The Morgan fingerprint density at radius 3 is 2.72 bits per heavy atom. The molecule has 32 heavy (non-hydrogen) atoms. The molecule has 3 N–H and O–H groups in total. The second-order valence-electron chi connectivity index (χ2n) is 8.74. The number of rotatable bonds is 3. The van der Waals surface area contributed by atoms with Crippen molar-refractivity contribution in [2.75, 3.05) is 13.1 Å². The number of hydrogen-bond donors (Lipinski definition) is 3. The topological polar surface area (TPSA) is 133 Å². The number of aliphatic hydroxyl groups excluding tert-OH is 1. The van der Waals surface area contributed by atoms with Crippen LogP contribution in [-0.4, -0.2) is 64.9 Å². The Kier molecular flexibility index (Phi) is 5.51. The first kappa shape index (κ1) is 22.0. The van der Waals surface area contributed by atoms with Gasteiger partial charge in [-0.2, -0.15) is 0 Å². The summed E-state index contributed by atoms with van der Waals surface area (Å²) in [4.78, 5) is 45.8. The van der Waals surface area contributed by atoms with Crippen molar-refractivity contribution < 1.29 is 15.0 Å². The van der Waals surface area contributed by atoms with E-state index < -0.39 is 29.0 Å². The predicted molar refractivity (Wildman–Crippen MR) is 117 cm³/mol. The number of fused-ring (bicyclic) bond motifs is 1. The summed E-state index contributed by atoms with van der Waals surface area (Å²) in [5.74, 6) is 0.415. The average Bonchev–Trinajstić information content (AvgIpc) is 2.95. The van der Waals surface area contributed by atoms with Crippen LogP contribution in [0.3, 0.4) is 0 Å². The van der Waals surface area contributed by atoms with Gasteiger partial charge in [0, 0.05) is 31.3 Å². The highest BCUT2D eigenvalue weighted by atomic mass is 16.3. The normalized spacial score (nSPS) is 24.0. The van der Waals surface area contributed by atoms with Crippen LogP contribution in [0.2, 0.25) is 0 Å². The highest BCUT2D eigenvalue weighted by Gasteiger charge is 2.41. The number of aromatic amines is 1. The highest BCUT2D eigenvalue weighted by molar-refractivity contribution is 5.81. The van der Waals surface area contributed by atoms with Gasteiger partial charge in [-0.3, -0.25) is 19.1 Å². The molecule has 1 aliphatic rings. The first-order chi connectivity index (χ1) is 15.1. The number of benzene rings is 1. The molecule has 0 unspecified atom stereocenters. The van der Waals surface area contributed by atoms with Gasteiger partial charge >= 0.3 is 5.69 Å². The van der Waals surface area contributed by atoms with Crippen LogP contribution in [0.1, 0.15) is 30.8 Å². The maximum absolute atomic E-state index is 13.3. The third kappa shape index (κ3) is 3.98. The van der Waals surface area contributed by atoms with Crippen molar-refractivity contribution in [1.82, 2.24) is 24.0 Å². The number of imidazole rings is 1. The fourth-order valence-corrected chi connectivity index (χ4v) is 4.45. The molecule has 10 heteroatoms. The quantitative estimate of drug-likeness (QED) is 0.528. The van der Waals surface area contributed by atoms with Gasteiger partial charge in [-0.1, -0.05) is 12.1 Å². The summed E-state index contributed by atoms with van der Waals surface area (Å²) in [5.41, 5.74) is -0.750. The Morgan fingerprint density at radius 1 is 1.25 bits per heavy atom. The Bertz CT molecular complexity index is 1290. The summed E-state index contributed by atoms with van der Waals surface area (Å²) in [6, 6.07) is 6.65. The summed E-state index contributed by atoms with van der Waals surface area (Å²) in [5, 5.41) is 21.6. The molecule has 0 radical (unpaired) electrons. The maximum atomic E-state index is 13.3. The van der Waals surface area contributed by atoms with Gasteiger partial charge in [0.05, 0.1) is 28.8 Å². The summed E-state index contributed by atoms with van der Waals surface area (Å²) < 4.78 is 3.05. The molecule has 3 atom stereocenters. The zero-order chi connectivity index (χ0) is 23.2. The number of nitrogens with one attached hydrogen (secondary N) is 1. The lowest BCUT2D eigenvalue weighted by atomic mass is 9.91. The average molecular weight is 441 g/mol. The van der Waals surface area contributed by atoms with Gasteiger partial charge < -0.3 is 19.7 Å². The predicted octanol–water partition coefficient (Wildman–Crippen LogP) is 0.0886. The van der Waals surface area contributed by atoms with E-state index in [2.05, 4.69) is 9.97 Å². The first-order valence-corrected chi connectivity index (χ1v) is 10.5. The number of β-amino-alcohol motifs (C(OH)–C–C–N with tert-alkyl or cyclic N) is 1. The van der Waals surface area contributed by atoms with E-state index in [-0.39, 0.29) is 32.0 Å². The van der Waals surface area contributed by atoms with Crippen LogP contribution in [-0.2, 0) is 11.3 Å². The smallest absolute Gasteiger partial charge is 0.328 e. The number of amides is 1. The van der Waals surface area contributed by atoms with Crippen molar-refractivity contribution in [3.8, 4) is 0 Å². The van der Waals surface area contributed by atoms with Gasteiger partial charge in [-0.15, -0.1) is 0 Å². The molecular formula is C22H27N5O5. The minimum Gasteiger partial charge on any atom is -0.391 e. The third-order valence-electron chi connectivity index (χ3n) is 6.16. The minimum absolute atomic E-state index is 0.0000386. The van der Waals surface area contributed by atoms with Crippen LogP contribution in [0.15, 0.2) is 40.1 Å². The van der Waals surface area contributed by atoms with E-state index in [4.69, 9.17) is 0 Å². The van der Waals surface area contributed by atoms with Crippen molar-refractivity contribution in [3.05, 3.63) is 62.7 Å².